The van der Waals surface area contributed by atoms with Crippen molar-refractivity contribution >= 4 is 23.3 Å². The number of hydrogen-bond donors (Lipinski definition) is 0. The average molecular weight is 243 g/mol. The van der Waals surface area contributed by atoms with Crippen LogP contribution in [0.1, 0.15) is 15.2 Å². The molecule has 0 unspecified atom stereocenters. The molecule has 0 amide bonds. The van der Waals surface area contributed by atoms with Crippen molar-refractivity contribution in [1.82, 2.24) is 14.6 Å². The molecule has 0 saturated carbocycles. The van der Waals surface area contributed by atoms with Gasteiger partial charge in [-0.2, -0.15) is 0 Å². The highest BCUT2D eigenvalue weighted by atomic mass is 32.1. The number of nitrogens with zero attached hydrogens (tertiary/aromatic N) is 3. The molecule has 5 heteroatoms. The molecular weight excluding hydrogens is 234 g/mol. The summed E-state index contributed by atoms with van der Waals surface area (Å²) in [6, 6.07) is 7.57. The first-order chi connectivity index (χ1) is 8.28. The first-order valence-electron chi connectivity index (χ1n) is 5.15. The summed E-state index contributed by atoms with van der Waals surface area (Å²) < 4.78 is 1.89. The quantitative estimate of drug-likeness (QED) is 0.650. The van der Waals surface area contributed by atoms with Gasteiger partial charge in [-0.3, -0.25) is 9.20 Å². The number of hydrogen-bond acceptors (Lipinski definition) is 4. The van der Waals surface area contributed by atoms with Crippen molar-refractivity contribution in [1.29, 1.82) is 0 Å². The molecule has 0 N–H and O–H groups in total. The summed E-state index contributed by atoms with van der Waals surface area (Å²) in [7, 11) is 0. The van der Waals surface area contributed by atoms with E-state index in [0.717, 1.165) is 17.0 Å². The Balaban J connectivity index is 2.21. The highest BCUT2D eigenvalue weighted by Gasteiger charge is 2.09. The minimum absolute atomic E-state index is 0.610. The van der Waals surface area contributed by atoms with Crippen LogP contribution in [0.4, 0.5) is 0 Å². The van der Waals surface area contributed by atoms with E-state index in [4.69, 9.17) is 0 Å². The monoisotopic (exact) mass is 243 g/mol. The van der Waals surface area contributed by atoms with Crippen LogP contribution in [0, 0.1) is 6.92 Å². The molecule has 0 spiro atoms. The second kappa shape index (κ2) is 3.78. The Hall–Kier alpha value is -2.01. The van der Waals surface area contributed by atoms with E-state index in [9.17, 15) is 4.79 Å². The Morgan fingerprint density at radius 2 is 2.18 bits per heavy atom. The largest absolute Gasteiger partial charge is 0.298 e. The van der Waals surface area contributed by atoms with Crippen molar-refractivity contribution < 1.29 is 4.79 Å². The molecule has 0 fully saturated rings. The molecule has 3 aromatic heterocycles. The second-order valence-electron chi connectivity index (χ2n) is 3.74. The van der Waals surface area contributed by atoms with Gasteiger partial charge in [0.05, 0.1) is 4.88 Å². The van der Waals surface area contributed by atoms with Gasteiger partial charge in [0.15, 0.2) is 11.5 Å². The van der Waals surface area contributed by atoms with Crippen molar-refractivity contribution in [3.05, 3.63) is 40.9 Å². The molecule has 3 rings (SSSR count). The first-order valence-corrected chi connectivity index (χ1v) is 5.96. The lowest BCUT2D eigenvalue weighted by Gasteiger charge is -1.96. The topological polar surface area (TPSA) is 47.3 Å². The number of carbonyl (C=O) groups is 1. The van der Waals surface area contributed by atoms with Crippen LogP contribution < -0.4 is 0 Å². The minimum atomic E-state index is 0.610. The van der Waals surface area contributed by atoms with Gasteiger partial charge in [0.1, 0.15) is 6.29 Å². The number of rotatable bonds is 2. The zero-order valence-corrected chi connectivity index (χ0v) is 9.94. The number of aldehydes is 1. The number of thiophene rings is 1. The van der Waals surface area contributed by atoms with E-state index in [1.807, 2.05) is 16.7 Å². The third-order valence-electron chi connectivity index (χ3n) is 2.53. The van der Waals surface area contributed by atoms with Crippen LogP contribution in [0.5, 0.6) is 0 Å². The Morgan fingerprint density at radius 1 is 1.29 bits per heavy atom. The number of aryl methyl sites for hydroxylation is 1. The zero-order valence-electron chi connectivity index (χ0n) is 9.12. The number of aromatic nitrogens is 3. The van der Waals surface area contributed by atoms with E-state index in [1.54, 1.807) is 23.5 Å². The van der Waals surface area contributed by atoms with Crippen LogP contribution in [-0.4, -0.2) is 20.9 Å². The van der Waals surface area contributed by atoms with Crippen LogP contribution in [0.25, 0.3) is 16.3 Å². The molecule has 0 atom stereocenters. The number of fused-ring (bicyclic) bond motifs is 1. The van der Waals surface area contributed by atoms with Gasteiger partial charge >= 0.3 is 0 Å². The fourth-order valence-corrected chi connectivity index (χ4v) is 2.55. The smallest absolute Gasteiger partial charge is 0.178 e. The SMILES string of the molecule is Cc1ccc(-c2nnc3cc(C=O)ccn23)s1. The van der Waals surface area contributed by atoms with Gasteiger partial charge in [0.25, 0.3) is 0 Å². The molecule has 0 aliphatic rings. The van der Waals surface area contributed by atoms with Crippen LogP contribution >= 0.6 is 11.3 Å². The van der Waals surface area contributed by atoms with Crippen molar-refractivity contribution in [2.75, 3.05) is 0 Å². The predicted octanol–water partition coefficient (Wildman–Crippen LogP) is 2.58. The third kappa shape index (κ3) is 1.64. The Kier molecular flexibility index (Phi) is 2.26. The van der Waals surface area contributed by atoms with Crippen molar-refractivity contribution in [2.24, 2.45) is 0 Å². The molecule has 84 valence electrons. The van der Waals surface area contributed by atoms with Crippen LogP contribution in [0.3, 0.4) is 0 Å². The van der Waals surface area contributed by atoms with E-state index in [-0.39, 0.29) is 0 Å². The molecule has 0 radical (unpaired) electrons. The maximum Gasteiger partial charge on any atom is 0.178 e. The summed E-state index contributed by atoms with van der Waals surface area (Å²) in [6.07, 6.45) is 2.63. The van der Waals surface area contributed by atoms with Crippen molar-refractivity contribution in [3.63, 3.8) is 0 Å². The molecular formula is C12H9N3OS. The van der Waals surface area contributed by atoms with Gasteiger partial charge in [-0.15, -0.1) is 21.5 Å². The van der Waals surface area contributed by atoms with E-state index in [0.29, 0.717) is 11.2 Å². The summed E-state index contributed by atoms with van der Waals surface area (Å²) >= 11 is 1.68. The molecule has 0 aromatic carbocycles. The van der Waals surface area contributed by atoms with Crippen LogP contribution in [0.15, 0.2) is 30.5 Å². The molecule has 17 heavy (non-hydrogen) atoms. The Morgan fingerprint density at radius 3 is 2.88 bits per heavy atom. The number of carbonyl (C=O) groups excluding carboxylic acids is 1. The van der Waals surface area contributed by atoms with E-state index >= 15 is 0 Å². The van der Waals surface area contributed by atoms with E-state index in [2.05, 4.69) is 23.2 Å². The normalized spacial score (nSPS) is 10.9. The second-order valence-corrected chi connectivity index (χ2v) is 5.03. The van der Waals surface area contributed by atoms with Gasteiger partial charge in [-0.25, -0.2) is 0 Å². The van der Waals surface area contributed by atoms with Gasteiger partial charge in [0.2, 0.25) is 0 Å². The molecule has 4 nitrogen and oxygen atoms in total. The molecule has 0 bridgehead atoms. The van der Waals surface area contributed by atoms with Crippen LogP contribution in [0.2, 0.25) is 0 Å². The zero-order chi connectivity index (χ0) is 11.8. The molecule has 3 aromatic rings. The van der Waals surface area contributed by atoms with Crippen molar-refractivity contribution in [2.45, 2.75) is 6.92 Å². The molecule has 0 aliphatic carbocycles. The molecule has 3 heterocycles. The summed E-state index contributed by atoms with van der Waals surface area (Å²) in [5.41, 5.74) is 1.30. The standard InChI is InChI=1S/C12H9N3OS/c1-8-2-3-10(17-8)12-14-13-11-6-9(7-16)4-5-15(11)12/h2-7H,1H3. The van der Waals surface area contributed by atoms with Gasteiger partial charge in [-0.05, 0) is 31.2 Å². The average Bonchev–Trinajstić information content (AvgIpc) is 2.93. The number of pyridine rings is 1. The Bertz CT molecular complexity index is 699. The lowest BCUT2D eigenvalue weighted by molar-refractivity contribution is 0.112. The molecule has 0 aliphatic heterocycles. The molecule has 0 saturated heterocycles. The summed E-state index contributed by atoms with van der Waals surface area (Å²) in [5, 5.41) is 8.24. The fourth-order valence-electron chi connectivity index (χ4n) is 1.70. The van der Waals surface area contributed by atoms with Gasteiger partial charge in [-0.1, -0.05) is 0 Å². The summed E-state index contributed by atoms with van der Waals surface area (Å²) in [5.74, 6) is 0.815. The minimum Gasteiger partial charge on any atom is -0.298 e. The fraction of sp³-hybridized carbons (Fsp3) is 0.0833. The maximum absolute atomic E-state index is 10.7. The maximum atomic E-state index is 10.7. The summed E-state index contributed by atoms with van der Waals surface area (Å²) in [4.78, 5) is 13.0. The highest BCUT2D eigenvalue weighted by Crippen LogP contribution is 2.26. The van der Waals surface area contributed by atoms with Gasteiger partial charge in [0, 0.05) is 16.6 Å². The highest BCUT2D eigenvalue weighted by molar-refractivity contribution is 7.15. The summed E-state index contributed by atoms with van der Waals surface area (Å²) in [6.45, 7) is 2.06. The third-order valence-corrected chi connectivity index (χ3v) is 3.53. The predicted molar refractivity (Wildman–Crippen MR) is 66.4 cm³/mol. The lowest BCUT2D eigenvalue weighted by Crippen LogP contribution is -1.89. The Labute approximate surface area is 102 Å². The van der Waals surface area contributed by atoms with E-state index in [1.165, 1.54) is 4.88 Å². The van der Waals surface area contributed by atoms with Crippen molar-refractivity contribution in [3.8, 4) is 10.7 Å². The van der Waals surface area contributed by atoms with Gasteiger partial charge < -0.3 is 0 Å². The first kappa shape index (κ1) is 10.2. The van der Waals surface area contributed by atoms with E-state index < -0.39 is 0 Å². The van der Waals surface area contributed by atoms with Crippen LogP contribution in [-0.2, 0) is 0 Å². The lowest BCUT2D eigenvalue weighted by atomic mass is 10.3.